The van der Waals surface area contributed by atoms with Crippen molar-refractivity contribution in [3.8, 4) is 0 Å². The highest BCUT2D eigenvalue weighted by Gasteiger charge is 2.32. The van der Waals surface area contributed by atoms with Crippen LogP contribution in [0, 0.1) is 0 Å². The molecule has 0 saturated carbocycles. The third kappa shape index (κ3) is 3.40. The molecule has 0 amide bonds. The zero-order chi connectivity index (χ0) is 13.1. The Morgan fingerprint density at radius 1 is 1.47 bits per heavy atom. The number of carbonyl (C=O) groups is 1. The van der Waals surface area contributed by atoms with Crippen LogP contribution in [0.1, 0.15) is 47.0 Å². The second kappa shape index (κ2) is 5.45. The van der Waals surface area contributed by atoms with Gasteiger partial charge in [-0.15, -0.1) is 0 Å². The molecule has 4 heteroatoms. The van der Waals surface area contributed by atoms with Crippen LogP contribution in [0.3, 0.4) is 0 Å². The van der Waals surface area contributed by atoms with E-state index in [0.29, 0.717) is 24.3 Å². The molecular formula is C13H21NO3. The van der Waals surface area contributed by atoms with Gasteiger partial charge in [0, 0.05) is 12.1 Å². The first-order chi connectivity index (χ1) is 7.90. The zero-order valence-corrected chi connectivity index (χ0v) is 11.0. The summed E-state index contributed by atoms with van der Waals surface area (Å²) in [5, 5.41) is 10.0. The van der Waals surface area contributed by atoms with Crippen LogP contribution >= 0.6 is 0 Å². The Balaban J connectivity index is 2.97. The van der Waals surface area contributed by atoms with Crippen molar-refractivity contribution >= 4 is 11.7 Å². The molecule has 1 aliphatic heterocycles. The molecule has 0 bridgehead atoms. The lowest BCUT2D eigenvalue weighted by molar-refractivity contribution is -0.138. The molecule has 0 saturated heterocycles. The van der Waals surface area contributed by atoms with Crippen molar-refractivity contribution in [2.75, 3.05) is 6.61 Å². The van der Waals surface area contributed by atoms with E-state index in [2.05, 4.69) is 11.9 Å². The van der Waals surface area contributed by atoms with E-state index in [9.17, 15) is 9.90 Å². The molecule has 0 aromatic carbocycles. The predicted octanol–water partition coefficient (Wildman–Crippen LogP) is 2.22. The Bertz CT molecular complexity index is 361. The normalized spacial score (nSPS) is 16.2. The van der Waals surface area contributed by atoms with Gasteiger partial charge in [0.05, 0.1) is 17.9 Å². The molecule has 0 aromatic heterocycles. The van der Waals surface area contributed by atoms with E-state index in [1.165, 1.54) is 0 Å². The summed E-state index contributed by atoms with van der Waals surface area (Å²) in [5.41, 5.74) is 0.812. The van der Waals surface area contributed by atoms with Gasteiger partial charge in [0.2, 0.25) is 0 Å². The van der Waals surface area contributed by atoms with Crippen molar-refractivity contribution < 1.29 is 14.6 Å². The number of hydrogen-bond donors (Lipinski definition) is 1. The van der Waals surface area contributed by atoms with Crippen molar-refractivity contribution in [1.29, 1.82) is 0 Å². The van der Waals surface area contributed by atoms with Crippen LogP contribution < -0.4 is 0 Å². The lowest BCUT2D eigenvalue weighted by Gasteiger charge is -2.18. The monoisotopic (exact) mass is 239 g/mol. The van der Waals surface area contributed by atoms with Crippen LogP contribution in [-0.2, 0) is 9.53 Å². The summed E-state index contributed by atoms with van der Waals surface area (Å²) < 4.78 is 5.00. The van der Waals surface area contributed by atoms with Gasteiger partial charge in [-0.05, 0) is 27.2 Å². The largest absolute Gasteiger partial charge is 0.463 e. The Morgan fingerprint density at radius 2 is 2.12 bits per heavy atom. The number of aliphatic hydroxyl groups is 1. The molecular weight excluding hydrogens is 218 g/mol. The van der Waals surface area contributed by atoms with E-state index in [4.69, 9.17) is 4.74 Å². The highest BCUT2D eigenvalue weighted by molar-refractivity contribution is 6.02. The third-order valence-corrected chi connectivity index (χ3v) is 2.58. The molecule has 1 N–H and O–H groups in total. The quantitative estimate of drug-likeness (QED) is 0.748. The maximum Gasteiger partial charge on any atom is 0.336 e. The van der Waals surface area contributed by atoms with Crippen molar-refractivity contribution in [3.05, 3.63) is 11.3 Å². The van der Waals surface area contributed by atoms with Crippen molar-refractivity contribution in [1.82, 2.24) is 0 Å². The Kier molecular flexibility index (Phi) is 4.46. The number of hydrogen-bond acceptors (Lipinski definition) is 4. The average molecular weight is 239 g/mol. The Labute approximate surface area is 102 Å². The van der Waals surface area contributed by atoms with Gasteiger partial charge in [-0.3, -0.25) is 4.99 Å². The Morgan fingerprint density at radius 3 is 2.59 bits per heavy atom. The first kappa shape index (κ1) is 13.9. The van der Waals surface area contributed by atoms with Crippen molar-refractivity contribution in [2.45, 2.75) is 52.6 Å². The average Bonchev–Trinajstić information content (AvgIpc) is 2.62. The number of rotatable bonds is 5. The van der Waals surface area contributed by atoms with Crippen molar-refractivity contribution in [3.63, 3.8) is 0 Å². The van der Waals surface area contributed by atoms with Crippen LogP contribution in [0.15, 0.2) is 16.3 Å². The molecule has 0 unspecified atom stereocenters. The number of nitrogens with zero attached hydrogens (tertiary/aromatic N) is 1. The fraction of sp³-hybridized carbons (Fsp3) is 0.692. The molecule has 1 heterocycles. The van der Waals surface area contributed by atoms with E-state index in [0.717, 1.165) is 18.6 Å². The summed E-state index contributed by atoms with van der Waals surface area (Å²) in [6.07, 6.45) is 2.34. The molecule has 0 atom stereocenters. The molecule has 96 valence electrons. The van der Waals surface area contributed by atoms with E-state index >= 15 is 0 Å². The summed E-state index contributed by atoms with van der Waals surface area (Å²) in [7, 11) is 0. The third-order valence-electron chi connectivity index (χ3n) is 2.58. The molecule has 0 spiro atoms. The summed E-state index contributed by atoms with van der Waals surface area (Å²) in [6, 6.07) is 0. The summed E-state index contributed by atoms with van der Waals surface area (Å²) in [4.78, 5) is 16.2. The van der Waals surface area contributed by atoms with Gasteiger partial charge in [0.15, 0.2) is 0 Å². The van der Waals surface area contributed by atoms with E-state index in [1.54, 1.807) is 20.8 Å². The fourth-order valence-corrected chi connectivity index (χ4v) is 1.88. The standard InChI is InChI=1S/C13H21NO3/c1-5-7-9-8-10(12(15)17-6-2)11(14-9)13(3,4)16/h16H,5-8H2,1-4H3. The molecule has 1 aliphatic rings. The molecule has 4 nitrogen and oxygen atoms in total. The van der Waals surface area contributed by atoms with Gasteiger partial charge in [-0.1, -0.05) is 13.3 Å². The second-order valence-electron chi connectivity index (χ2n) is 4.71. The molecule has 0 fully saturated rings. The number of ether oxygens (including phenoxy) is 1. The van der Waals surface area contributed by atoms with Gasteiger partial charge in [-0.2, -0.15) is 0 Å². The maximum absolute atomic E-state index is 11.8. The molecule has 0 radical (unpaired) electrons. The Hall–Kier alpha value is -1.16. The fourth-order valence-electron chi connectivity index (χ4n) is 1.88. The number of carbonyl (C=O) groups excluding carboxylic acids is 1. The van der Waals surface area contributed by atoms with E-state index < -0.39 is 5.60 Å². The van der Waals surface area contributed by atoms with Gasteiger partial charge in [0.25, 0.3) is 0 Å². The van der Waals surface area contributed by atoms with Crippen LogP contribution in [0.25, 0.3) is 0 Å². The molecule has 17 heavy (non-hydrogen) atoms. The number of esters is 1. The predicted molar refractivity (Wildman–Crippen MR) is 66.9 cm³/mol. The molecule has 0 aliphatic carbocycles. The lowest BCUT2D eigenvalue weighted by Crippen LogP contribution is -2.23. The van der Waals surface area contributed by atoms with Crippen LogP contribution in [0.5, 0.6) is 0 Å². The van der Waals surface area contributed by atoms with Crippen molar-refractivity contribution in [2.24, 2.45) is 4.99 Å². The number of aliphatic imine (C=N–C) groups is 1. The minimum Gasteiger partial charge on any atom is -0.463 e. The van der Waals surface area contributed by atoms with Crippen LogP contribution in [0.4, 0.5) is 0 Å². The second-order valence-corrected chi connectivity index (χ2v) is 4.71. The van der Waals surface area contributed by atoms with Gasteiger partial charge >= 0.3 is 5.97 Å². The maximum atomic E-state index is 11.8. The van der Waals surface area contributed by atoms with Gasteiger partial charge < -0.3 is 9.84 Å². The smallest absolute Gasteiger partial charge is 0.336 e. The first-order valence-electron chi connectivity index (χ1n) is 6.09. The van der Waals surface area contributed by atoms with Crippen LogP contribution in [-0.4, -0.2) is 29.0 Å². The zero-order valence-electron chi connectivity index (χ0n) is 11.0. The van der Waals surface area contributed by atoms with Crippen LogP contribution in [0.2, 0.25) is 0 Å². The molecule has 1 rings (SSSR count). The summed E-state index contributed by atoms with van der Waals surface area (Å²) >= 11 is 0. The summed E-state index contributed by atoms with van der Waals surface area (Å²) in [5.74, 6) is -0.362. The van der Waals surface area contributed by atoms with E-state index in [-0.39, 0.29) is 5.97 Å². The SMILES string of the molecule is CCCC1=NC(C(C)(C)O)=C(C(=O)OCC)C1. The molecule has 0 aromatic rings. The first-order valence-corrected chi connectivity index (χ1v) is 6.09. The van der Waals surface area contributed by atoms with Gasteiger partial charge in [0.1, 0.15) is 5.60 Å². The van der Waals surface area contributed by atoms with Gasteiger partial charge in [-0.25, -0.2) is 4.79 Å². The highest BCUT2D eigenvalue weighted by Crippen LogP contribution is 2.30. The van der Waals surface area contributed by atoms with E-state index in [1.807, 2.05) is 0 Å². The topological polar surface area (TPSA) is 58.9 Å². The minimum atomic E-state index is -1.10. The lowest BCUT2D eigenvalue weighted by atomic mass is 9.99. The highest BCUT2D eigenvalue weighted by atomic mass is 16.5. The minimum absolute atomic E-state index is 0.338. The summed E-state index contributed by atoms with van der Waals surface area (Å²) in [6.45, 7) is 7.45.